The molecule has 12 N–H and O–H groups in total. The van der Waals surface area contributed by atoms with Gasteiger partial charge in [0.1, 0.15) is 41.9 Å². The number of hydrogen-bond acceptors (Lipinski definition) is 12. The van der Waals surface area contributed by atoms with Gasteiger partial charge in [0.05, 0.1) is 12.7 Å². The average Bonchev–Trinajstić information content (AvgIpc) is 4.15. The Balaban J connectivity index is 1.52. The minimum atomic E-state index is -1.21. The third kappa shape index (κ3) is 18.6. The minimum absolute atomic E-state index is 0.0100. The number of likely N-dealkylation sites (tertiary alicyclic amines) is 1. The lowest BCUT2D eigenvalue weighted by Gasteiger charge is -2.32. The maximum atomic E-state index is 14.6. The Morgan fingerprint density at radius 1 is 0.753 bits per heavy atom. The fourth-order valence-electron chi connectivity index (χ4n) is 8.60. The number of benzene rings is 1. The summed E-state index contributed by atoms with van der Waals surface area (Å²) < 4.78 is 5.58. The van der Waals surface area contributed by atoms with E-state index in [1.165, 1.54) is 29.9 Å². The third-order valence-corrected chi connectivity index (χ3v) is 12.8. The number of ether oxygens (including phenoxy) is 1. The molecular weight excluding hydrogens is 939 g/mol. The van der Waals surface area contributed by atoms with E-state index in [1.807, 2.05) is 51.1 Å². The van der Waals surface area contributed by atoms with Crippen LogP contribution in [0.25, 0.3) is 0 Å². The molecule has 9 atom stereocenters. The number of nitrogens with zero attached hydrogens (tertiary/aromatic N) is 3. The lowest BCUT2D eigenvalue weighted by Crippen LogP contribution is -2.60. The van der Waals surface area contributed by atoms with E-state index >= 15 is 0 Å². The summed E-state index contributed by atoms with van der Waals surface area (Å²) in [5.41, 5.74) is 13.0. The van der Waals surface area contributed by atoms with Gasteiger partial charge in [-0.05, 0) is 69.9 Å². The van der Waals surface area contributed by atoms with Gasteiger partial charge in [-0.2, -0.15) is 0 Å². The molecule has 1 aliphatic rings. The van der Waals surface area contributed by atoms with Crippen LogP contribution in [0, 0.1) is 23.7 Å². The summed E-state index contributed by atoms with van der Waals surface area (Å²) >= 11 is 0. The van der Waals surface area contributed by atoms with E-state index in [-0.39, 0.29) is 44.1 Å². The summed E-state index contributed by atoms with van der Waals surface area (Å²) in [6.07, 6.45) is 7.01. The lowest BCUT2D eigenvalue weighted by molar-refractivity contribution is -0.135. The summed E-state index contributed by atoms with van der Waals surface area (Å²) in [6.45, 7) is 16.5. The summed E-state index contributed by atoms with van der Waals surface area (Å²) in [5, 5.41) is 17.1. The van der Waals surface area contributed by atoms with Crippen molar-refractivity contribution < 1.29 is 43.1 Å². The molecule has 0 saturated carbocycles. The van der Waals surface area contributed by atoms with E-state index in [9.17, 15) is 38.4 Å². The number of amides is 8. The molecule has 402 valence electrons. The van der Waals surface area contributed by atoms with Gasteiger partial charge in [0, 0.05) is 68.0 Å². The molecule has 0 bridgehead atoms. The quantitative estimate of drug-likeness (QED) is 0.0522. The van der Waals surface area contributed by atoms with Crippen LogP contribution in [0.5, 0.6) is 0 Å². The second-order valence-electron chi connectivity index (χ2n) is 20.8. The lowest BCUT2D eigenvalue weighted by atomic mass is 9.88. The molecule has 0 unspecified atom stereocenters. The van der Waals surface area contributed by atoms with Gasteiger partial charge in [-0.1, -0.05) is 78.3 Å². The number of carbonyl (C=O) groups is 8. The van der Waals surface area contributed by atoms with Crippen molar-refractivity contribution in [1.82, 2.24) is 56.7 Å². The molecule has 1 aromatic carbocycles. The molecule has 1 fully saturated rings. The number of nitrogens with one attached hydrogen (secondary N) is 8. The highest BCUT2D eigenvalue weighted by molar-refractivity contribution is 5.95. The van der Waals surface area contributed by atoms with Crippen molar-refractivity contribution in [2.24, 2.45) is 35.1 Å². The van der Waals surface area contributed by atoms with E-state index in [2.05, 4.69) is 51.8 Å². The van der Waals surface area contributed by atoms with Crippen LogP contribution in [0.3, 0.4) is 0 Å². The van der Waals surface area contributed by atoms with Crippen molar-refractivity contribution in [3.8, 4) is 0 Å². The fourth-order valence-corrected chi connectivity index (χ4v) is 8.60. The predicted octanol–water partition coefficient (Wildman–Crippen LogP) is 1.67. The van der Waals surface area contributed by atoms with Crippen LogP contribution in [0.4, 0.5) is 4.79 Å². The maximum absolute atomic E-state index is 14.6. The van der Waals surface area contributed by atoms with Gasteiger partial charge in [-0.15, -0.1) is 0 Å². The van der Waals surface area contributed by atoms with Gasteiger partial charge >= 0.3 is 6.09 Å². The topological polar surface area (TPSA) is 331 Å². The van der Waals surface area contributed by atoms with Crippen molar-refractivity contribution in [3.05, 3.63) is 72.3 Å². The standard InChI is InChI=1S/C51H79N13O9/c1-10-31(6)43(49(71)59-37(44(53)66)22-34-25-54-27-56-34)63-48(70)42(30(4)5)62-41(65)21-33(24-52)36(19-29(2)3)58-46(68)39(23-35-26-55-28-57-35)60-45(67)38(20-32-15-12-11-13-16-32)61-47(69)40-17-14-18-64(40)50(72)73-51(7,8)9/h11-13,15-16,25-31,33,36-40,42-43H,10,14,17-24,52H2,1-9H3,(H2,53,66)(H,54,56)(H,55,57)(H,58,68)(H,59,71)(H,60,67)(H,61,69)(H,62,65)(H,63,70)/t31-,33+,36-,37-,38-,39-,40-,42-,43-/m0/s1. The summed E-state index contributed by atoms with van der Waals surface area (Å²) in [4.78, 5) is 125. The molecule has 4 rings (SSSR count). The normalized spacial score (nSPS) is 17.0. The summed E-state index contributed by atoms with van der Waals surface area (Å²) in [5.74, 6) is -5.76. The van der Waals surface area contributed by atoms with Crippen molar-refractivity contribution in [2.75, 3.05) is 13.1 Å². The van der Waals surface area contributed by atoms with Crippen LogP contribution >= 0.6 is 0 Å². The second kappa shape index (κ2) is 27.8. The highest BCUT2D eigenvalue weighted by Crippen LogP contribution is 2.22. The molecule has 0 spiro atoms. The van der Waals surface area contributed by atoms with E-state index in [1.54, 1.807) is 41.5 Å². The van der Waals surface area contributed by atoms with Crippen LogP contribution in [0.15, 0.2) is 55.4 Å². The van der Waals surface area contributed by atoms with Crippen LogP contribution in [-0.2, 0) is 57.6 Å². The van der Waals surface area contributed by atoms with Gasteiger partial charge in [-0.25, -0.2) is 14.8 Å². The van der Waals surface area contributed by atoms with E-state index in [4.69, 9.17) is 16.2 Å². The van der Waals surface area contributed by atoms with Crippen molar-refractivity contribution in [2.45, 2.75) is 162 Å². The number of rotatable bonds is 27. The maximum Gasteiger partial charge on any atom is 0.410 e. The molecule has 22 heteroatoms. The molecule has 1 aliphatic heterocycles. The molecule has 73 heavy (non-hydrogen) atoms. The number of carbonyl (C=O) groups excluding carboxylic acids is 8. The first-order valence-electron chi connectivity index (χ1n) is 25.3. The minimum Gasteiger partial charge on any atom is -0.444 e. The SMILES string of the molecule is CC[C@H](C)[C@H](NC(=O)[C@@H](NC(=O)C[C@H](CN)[C@H](CC(C)C)NC(=O)[C@H](Cc1cnc[nH]1)NC(=O)[C@H](Cc1ccccc1)NC(=O)[C@@H]1CCCN1C(=O)OC(C)(C)C)C(C)C)C(=O)N[C@@H](Cc1cnc[nH]1)C(N)=O. The number of aromatic nitrogens is 4. The molecular formula is C51H79N13O9. The zero-order chi connectivity index (χ0) is 54.0. The largest absolute Gasteiger partial charge is 0.444 e. The predicted molar refractivity (Wildman–Crippen MR) is 272 cm³/mol. The molecule has 1 saturated heterocycles. The number of aromatic amines is 2. The van der Waals surface area contributed by atoms with E-state index in [0.717, 1.165) is 5.56 Å². The highest BCUT2D eigenvalue weighted by Gasteiger charge is 2.40. The number of imidazole rings is 2. The van der Waals surface area contributed by atoms with E-state index < -0.39 is 107 Å². The molecule has 3 heterocycles. The van der Waals surface area contributed by atoms with Crippen LogP contribution < -0.4 is 43.4 Å². The number of nitrogens with two attached hydrogens (primary N) is 2. The number of hydrogen-bond donors (Lipinski definition) is 10. The summed E-state index contributed by atoms with van der Waals surface area (Å²) in [7, 11) is 0. The second-order valence-corrected chi connectivity index (χ2v) is 20.8. The number of H-pyrrole nitrogens is 2. The smallest absolute Gasteiger partial charge is 0.410 e. The molecule has 0 radical (unpaired) electrons. The fraction of sp³-hybridized carbons (Fsp3) is 0.608. The summed E-state index contributed by atoms with van der Waals surface area (Å²) in [6, 6.07) is 1.87. The third-order valence-electron chi connectivity index (χ3n) is 12.8. The van der Waals surface area contributed by atoms with Crippen molar-refractivity contribution >= 4 is 47.4 Å². The Bertz CT molecular complexity index is 2270. The first-order valence-corrected chi connectivity index (χ1v) is 25.3. The zero-order valence-corrected chi connectivity index (χ0v) is 43.8. The Labute approximate surface area is 428 Å². The first-order chi connectivity index (χ1) is 34.5. The van der Waals surface area contributed by atoms with Crippen LogP contribution in [0.1, 0.15) is 111 Å². The molecule has 2 aromatic heterocycles. The van der Waals surface area contributed by atoms with Crippen molar-refractivity contribution in [3.63, 3.8) is 0 Å². The van der Waals surface area contributed by atoms with Gasteiger partial charge in [-0.3, -0.25) is 38.5 Å². The van der Waals surface area contributed by atoms with Crippen molar-refractivity contribution in [1.29, 1.82) is 0 Å². The Hall–Kier alpha value is -6.84. The van der Waals surface area contributed by atoms with Gasteiger partial charge in [0.15, 0.2) is 0 Å². The molecule has 0 aliphatic carbocycles. The van der Waals surface area contributed by atoms with Gasteiger partial charge in [0.2, 0.25) is 41.4 Å². The first kappa shape index (κ1) is 58.7. The van der Waals surface area contributed by atoms with Crippen LogP contribution in [0.2, 0.25) is 0 Å². The van der Waals surface area contributed by atoms with Crippen LogP contribution in [-0.4, -0.2) is 133 Å². The molecule has 22 nitrogen and oxygen atoms in total. The Morgan fingerprint density at radius 3 is 1.86 bits per heavy atom. The average molecular weight is 1020 g/mol. The Morgan fingerprint density at radius 2 is 1.33 bits per heavy atom. The number of primary amides is 1. The van der Waals surface area contributed by atoms with Gasteiger partial charge in [0.25, 0.3) is 0 Å². The Kier molecular flexibility index (Phi) is 22.4. The zero-order valence-electron chi connectivity index (χ0n) is 43.8. The monoisotopic (exact) mass is 1020 g/mol. The molecule has 3 aromatic rings. The van der Waals surface area contributed by atoms with Gasteiger partial charge < -0.3 is 58.1 Å². The van der Waals surface area contributed by atoms with E-state index in [0.29, 0.717) is 43.6 Å². The highest BCUT2D eigenvalue weighted by atomic mass is 16.6. The molecule has 8 amide bonds.